The molecule has 0 aliphatic carbocycles. The lowest BCUT2D eigenvalue weighted by atomic mass is 9.96. The first kappa shape index (κ1) is 14.8. The molecule has 15 heavy (non-hydrogen) atoms. The summed E-state index contributed by atoms with van der Waals surface area (Å²) in [6.07, 6.45) is 0.122. The van der Waals surface area contributed by atoms with Crippen molar-refractivity contribution in [1.82, 2.24) is 0 Å². The highest BCUT2D eigenvalue weighted by atomic mass is 16.5. The summed E-state index contributed by atoms with van der Waals surface area (Å²) in [7, 11) is 1.54. The van der Waals surface area contributed by atoms with Crippen LogP contribution in [0.4, 0.5) is 0 Å². The number of rotatable bonds is 8. The van der Waals surface area contributed by atoms with Gasteiger partial charge in [-0.05, 0) is 26.2 Å². The van der Waals surface area contributed by atoms with Crippen LogP contribution in [0.3, 0.4) is 0 Å². The van der Waals surface area contributed by atoms with E-state index in [1.165, 1.54) is 0 Å². The van der Waals surface area contributed by atoms with Crippen LogP contribution in [-0.2, 0) is 9.47 Å². The lowest BCUT2D eigenvalue weighted by Crippen LogP contribution is -2.26. The molecule has 0 rings (SSSR count). The molecule has 0 spiro atoms. The van der Waals surface area contributed by atoms with Gasteiger partial charge in [-0.3, -0.25) is 0 Å². The predicted molar refractivity (Wildman–Crippen MR) is 58.8 cm³/mol. The lowest BCUT2D eigenvalue weighted by molar-refractivity contribution is -0.0239. The molecule has 0 aromatic heterocycles. The van der Waals surface area contributed by atoms with Crippen molar-refractivity contribution in [3.63, 3.8) is 0 Å². The molecule has 4 heteroatoms. The minimum absolute atomic E-state index is 0.278. The molecule has 0 aliphatic rings. The smallest absolute Gasteiger partial charge is 0.101 e. The van der Waals surface area contributed by atoms with E-state index in [1.807, 2.05) is 6.92 Å². The van der Waals surface area contributed by atoms with E-state index in [0.717, 1.165) is 0 Å². The molecule has 0 aromatic carbocycles. The zero-order chi connectivity index (χ0) is 11.9. The van der Waals surface area contributed by atoms with Gasteiger partial charge >= 0.3 is 0 Å². The summed E-state index contributed by atoms with van der Waals surface area (Å²) in [4.78, 5) is 0. The summed E-state index contributed by atoms with van der Waals surface area (Å²) in [5.41, 5.74) is -0.659. The maximum atomic E-state index is 9.56. The molecular weight excluding hydrogens is 196 g/mol. The van der Waals surface area contributed by atoms with Crippen molar-refractivity contribution in [2.75, 3.05) is 26.9 Å². The molecule has 0 saturated heterocycles. The van der Waals surface area contributed by atoms with Crippen LogP contribution in [0.25, 0.3) is 0 Å². The first-order valence-electron chi connectivity index (χ1n) is 5.32. The van der Waals surface area contributed by atoms with Gasteiger partial charge in [-0.2, -0.15) is 0 Å². The molecule has 2 atom stereocenters. The molecule has 0 saturated carbocycles. The maximum absolute atomic E-state index is 9.56. The Morgan fingerprint density at radius 1 is 1.20 bits per heavy atom. The molecule has 0 amide bonds. The van der Waals surface area contributed by atoms with Crippen molar-refractivity contribution < 1.29 is 19.7 Å². The molecule has 4 nitrogen and oxygen atoms in total. The quantitative estimate of drug-likeness (QED) is 0.635. The van der Waals surface area contributed by atoms with Gasteiger partial charge in [-0.1, -0.05) is 6.92 Å². The van der Waals surface area contributed by atoms with Gasteiger partial charge in [0.1, 0.15) is 6.10 Å². The maximum Gasteiger partial charge on any atom is 0.101 e. The van der Waals surface area contributed by atoms with Gasteiger partial charge in [0, 0.05) is 13.7 Å². The molecule has 92 valence electrons. The predicted octanol–water partition coefficient (Wildman–Crippen LogP) is 0.807. The van der Waals surface area contributed by atoms with Crippen LogP contribution < -0.4 is 0 Å². The van der Waals surface area contributed by atoms with Gasteiger partial charge in [-0.25, -0.2) is 0 Å². The Kier molecular flexibility index (Phi) is 7.09. The Hall–Kier alpha value is -0.160. The highest BCUT2D eigenvalue weighted by Gasteiger charge is 2.17. The van der Waals surface area contributed by atoms with Crippen LogP contribution >= 0.6 is 0 Å². The molecule has 0 heterocycles. The Balaban J connectivity index is 3.50. The number of hydrogen-bond acceptors (Lipinski definition) is 4. The van der Waals surface area contributed by atoms with E-state index in [2.05, 4.69) is 0 Å². The van der Waals surface area contributed by atoms with Crippen molar-refractivity contribution in [2.24, 2.45) is 5.92 Å². The second kappa shape index (κ2) is 7.17. The molecule has 0 aromatic rings. The van der Waals surface area contributed by atoms with E-state index >= 15 is 0 Å². The monoisotopic (exact) mass is 220 g/mol. The van der Waals surface area contributed by atoms with Crippen LogP contribution in [-0.4, -0.2) is 48.8 Å². The van der Waals surface area contributed by atoms with E-state index in [0.29, 0.717) is 19.6 Å². The number of hydrogen-bond donors (Lipinski definition) is 2. The summed E-state index contributed by atoms with van der Waals surface area (Å²) in [6, 6.07) is 0. The summed E-state index contributed by atoms with van der Waals surface area (Å²) < 4.78 is 10.1. The zero-order valence-electron chi connectivity index (χ0n) is 10.2. The average molecular weight is 220 g/mol. The Bertz CT molecular complexity index is 153. The molecule has 0 bridgehead atoms. The number of ether oxygens (including phenoxy) is 2. The Labute approximate surface area is 92.2 Å². The highest BCUT2D eigenvalue weighted by molar-refractivity contribution is 4.69. The summed E-state index contributed by atoms with van der Waals surface area (Å²) in [6.45, 7) is 6.70. The van der Waals surface area contributed by atoms with Gasteiger partial charge < -0.3 is 19.7 Å². The van der Waals surface area contributed by atoms with E-state index in [9.17, 15) is 10.2 Å². The van der Waals surface area contributed by atoms with Gasteiger partial charge in [0.2, 0.25) is 0 Å². The van der Waals surface area contributed by atoms with Crippen LogP contribution in [0.1, 0.15) is 27.2 Å². The molecular formula is C11H24O4. The van der Waals surface area contributed by atoms with Crippen LogP contribution in [0.5, 0.6) is 0 Å². The fraction of sp³-hybridized carbons (Fsp3) is 1.00. The minimum Gasteiger partial charge on any atom is -0.390 e. The number of aliphatic hydroxyl groups excluding tert-OH is 1. The number of aliphatic hydroxyl groups is 2. The number of methoxy groups -OCH3 is 1. The fourth-order valence-corrected chi connectivity index (χ4v) is 1.56. The van der Waals surface area contributed by atoms with Gasteiger partial charge in [0.25, 0.3) is 0 Å². The van der Waals surface area contributed by atoms with E-state index < -0.39 is 11.7 Å². The molecule has 2 unspecified atom stereocenters. The highest BCUT2D eigenvalue weighted by Crippen LogP contribution is 2.15. The zero-order valence-corrected chi connectivity index (χ0v) is 10.2. The topological polar surface area (TPSA) is 58.9 Å². The van der Waals surface area contributed by atoms with E-state index in [-0.39, 0.29) is 12.5 Å². The van der Waals surface area contributed by atoms with Crippen LogP contribution in [0.2, 0.25) is 0 Å². The molecule has 0 fully saturated rings. The summed E-state index contributed by atoms with van der Waals surface area (Å²) >= 11 is 0. The normalized spacial score (nSPS) is 16.4. The van der Waals surface area contributed by atoms with Crippen molar-refractivity contribution in [2.45, 2.75) is 38.9 Å². The van der Waals surface area contributed by atoms with Crippen molar-refractivity contribution in [3.05, 3.63) is 0 Å². The average Bonchev–Trinajstić information content (AvgIpc) is 2.00. The van der Waals surface area contributed by atoms with Crippen LogP contribution in [0, 0.1) is 5.92 Å². The van der Waals surface area contributed by atoms with E-state index in [4.69, 9.17) is 9.47 Å². The van der Waals surface area contributed by atoms with Crippen LogP contribution in [0.15, 0.2) is 0 Å². The lowest BCUT2D eigenvalue weighted by Gasteiger charge is -2.22. The Morgan fingerprint density at radius 3 is 2.27 bits per heavy atom. The molecule has 0 aliphatic heterocycles. The second-order valence-electron chi connectivity index (χ2n) is 4.77. The fourth-order valence-electron chi connectivity index (χ4n) is 1.56. The third kappa shape index (κ3) is 10.1. The van der Waals surface area contributed by atoms with Gasteiger partial charge in [0.15, 0.2) is 0 Å². The van der Waals surface area contributed by atoms with Gasteiger partial charge in [0.05, 0.1) is 18.8 Å². The third-order valence-electron chi connectivity index (χ3n) is 1.92. The first-order chi connectivity index (χ1) is 6.85. The molecule has 2 N–H and O–H groups in total. The van der Waals surface area contributed by atoms with Crippen molar-refractivity contribution in [1.29, 1.82) is 0 Å². The first-order valence-corrected chi connectivity index (χ1v) is 5.32. The largest absolute Gasteiger partial charge is 0.390 e. The Morgan fingerprint density at radius 2 is 1.80 bits per heavy atom. The van der Waals surface area contributed by atoms with Gasteiger partial charge in [-0.15, -0.1) is 0 Å². The molecule has 0 radical (unpaired) electrons. The summed E-state index contributed by atoms with van der Waals surface area (Å²) in [5.74, 6) is 0.278. The van der Waals surface area contributed by atoms with Crippen molar-refractivity contribution >= 4 is 0 Å². The van der Waals surface area contributed by atoms with E-state index in [1.54, 1.807) is 21.0 Å². The standard InChI is InChI=1S/C11H24O4/c1-9(5-11(2,3)13)6-15-8-10(12)7-14-4/h9-10,12-13H,5-8H2,1-4H3. The minimum atomic E-state index is -0.659. The second-order valence-corrected chi connectivity index (χ2v) is 4.77. The SMILES string of the molecule is COCC(O)COCC(C)CC(C)(C)O. The third-order valence-corrected chi connectivity index (χ3v) is 1.92. The van der Waals surface area contributed by atoms with Crippen molar-refractivity contribution in [3.8, 4) is 0 Å². The summed E-state index contributed by atoms with van der Waals surface area (Å²) in [5, 5.41) is 18.9.